The monoisotopic (exact) mass is 189 g/mol. The summed E-state index contributed by atoms with van der Waals surface area (Å²) in [5.74, 6) is 1.64. The SMILES string of the molecule is O=c1ccn2c(C3CCC3)n[nH]c2c1. The lowest BCUT2D eigenvalue weighted by molar-refractivity contribution is 0.399. The van der Waals surface area contributed by atoms with Crippen LogP contribution in [0.2, 0.25) is 0 Å². The van der Waals surface area contributed by atoms with E-state index in [9.17, 15) is 4.79 Å². The number of hydrogen-bond acceptors (Lipinski definition) is 2. The summed E-state index contributed by atoms with van der Waals surface area (Å²) < 4.78 is 1.98. The first kappa shape index (κ1) is 7.79. The maximum absolute atomic E-state index is 11.1. The van der Waals surface area contributed by atoms with Crippen molar-refractivity contribution < 1.29 is 0 Å². The number of aromatic nitrogens is 3. The molecule has 72 valence electrons. The molecule has 0 aromatic carbocycles. The third kappa shape index (κ3) is 0.999. The molecule has 0 unspecified atom stereocenters. The molecule has 1 aliphatic rings. The molecule has 0 bridgehead atoms. The third-order valence-corrected chi connectivity index (χ3v) is 2.93. The first-order chi connectivity index (χ1) is 6.84. The number of hydrogen-bond donors (Lipinski definition) is 1. The van der Waals surface area contributed by atoms with Crippen molar-refractivity contribution in [1.82, 2.24) is 14.6 Å². The highest BCUT2D eigenvalue weighted by Gasteiger charge is 2.23. The molecule has 0 spiro atoms. The van der Waals surface area contributed by atoms with Gasteiger partial charge in [0, 0.05) is 24.2 Å². The normalized spacial score (nSPS) is 17.1. The molecular weight excluding hydrogens is 178 g/mol. The fraction of sp³-hybridized carbons (Fsp3) is 0.400. The van der Waals surface area contributed by atoms with Crippen molar-refractivity contribution in [2.24, 2.45) is 0 Å². The van der Waals surface area contributed by atoms with Crippen molar-refractivity contribution in [1.29, 1.82) is 0 Å². The van der Waals surface area contributed by atoms with Crippen LogP contribution < -0.4 is 5.43 Å². The van der Waals surface area contributed by atoms with E-state index in [0.717, 1.165) is 11.5 Å². The van der Waals surface area contributed by atoms with Gasteiger partial charge in [0.15, 0.2) is 5.43 Å². The minimum Gasteiger partial charge on any atom is -0.290 e. The number of rotatable bonds is 1. The van der Waals surface area contributed by atoms with Gasteiger partial charge in [-0.05, 0) is 12.8 Å². The zero-order valence-corrected chi connectivity index (χ0v) is 7.73. The summed E-state index contributed by atoms with van der Waals surface area (Å²) in [4.78, 5) is 11.1. The lowest BCUT2D eigenvalue weighted by atomic mass is 9.85. The predicted octanol–water partition coefficient (Wildman–Crippen LogP) is 1.29. The summed E-state index contributed by atoms with van der Waals surface area (Å²) in [5.41, 5.74) is 0.813. The van der Waals surface area contributed by atoms with E-state index in [2.05, 4.69) is 10.2 Å². The number of pyridine rings is 1. The molecule has 4 nitrogen and oxygen atoms in total. The van der Waals surface area contributed by atoms with E-state index in [0.29, 0.717) is 5.92 Å². The second-order valence-electron chi connectivity index (χ2n) is 3.83. The van der Waals surface area contributed by atoms with E-state index in [4.69, 9.17) is 0 Å². The minimum absolute atomic E-state index is 0.0220. The van der Waals surface area contributed by atoms with Gasteiger partial charge in [-0.25, -0.2) is 0 Å². The molecule has 14 heavy (non-hydrogen) atoms. The van der Waals surface area contributed by atoms with Gasteiger partial charge in [-0.15, -0.1) is 0 Å². The minimum atomic E-state index is 0.0220. The molecule has 2 aromatic heterocycles. The van der Waals surface area contributed by atoms with Gasteiger partial charge in [0.05, 0.1) is 0 Å². The van der Waals surface area contributed by atoms with E-state index in [1.54, 1.807) is 18.3 Å². The molecule has 1 saturated carbocycles. The fourth-order valence-electron chi connectivity index (χ4n) is 1.89. The Balaban J connectivity index is 2.20. The van der Waals surface area contributed by atoms with Crippen LogP contribution in [0.25, 0.3) is 5.65 Å². The Labute approximate surface area is 80.6 Å². The Bertz CT molecular complexity index is 521. The number of nitrogens with one attached hydrogen (secondary N) is 1. The Hall–Kier alpha value is -1.58. The van der Waals surface area contributed by atoms with Gasteiger partial charge in [0.1, 0.15) is 11.5 Å². The highest BCUT2D eigenvalue weighted by molar-refractivity contribution is 5.37. The molecule has 0 amide bonds. The molecular formula is C10H11N3O. The summed E-state index contributed by atoms with van der Waals surface area (Å²) in [6, 6.07) is 3.15. The van der Waals surface area contributed by atoms with Gasteiger partial charge in [-0.3, -0.25) is 14.3 Å². The zero-order chi connectivity index (χ0) is 9.54. The molecule has 1 fully saturated rings. The van der Waals surface area contributed by atoms with Crippen LogP contribution in [0, 0.1) is 0 Å². The molecule has 1 N–H and O–H groups in total. The van der Waals surface area contributed by atoms with Crippen molar-refractivity contribution in [3.63, 3.8) is 0 Å². The van der Waals surface area contributed by atoms with Crippen LogP contribution in [-0.2, 0) is 0 Å². The quantitative estimate of drug-likeness (QED) is 0.734. The van der Waals surface area contributed by atoms with Crippen LogP contribution in [-0.4, -0.2) is 14.6 Å². The Morgan fingerprint density at radius 2 is 2.36 bits per heavy atom. The third-order valence-electron chi connectivity index (χ3n) is 2.93. The van der Waals surface area contributed by atoms with Crippen molar-refractivity contribution in [3.8, 4) is 0 Å². The summed E-state index contributed by atoms with van der Waals surface area (Å²) in [6.07, 6.45) is 5.52. The van der Waals surface area contributed by atoms with Crippen molar-refractivity contribution in [2.45, 2.75) is 25.2 Å². The van der Waals surface area contributed by atoms with Crippen LogP contribution in [0.1, 0.15) is 31.0 Å². The number of fused-ring (bicyclic) bond motifs is 1. The van der Waals surface area contributed by atoms with E-state index < -0.39 is 0 Å². The van der Waals surface area contributed by atoms with Crippen LogP contribution in [0.5, 0.6) is 0 Å². The molecule has 0 saturated heterocycles. The van der Waals surface area contributed by atoms with Crippen molar-refractivity contribution >= 4 is 5.65 Å². The molecule has 0 aliphatic heterocycles. The Morgan fingerprint density at radius 1 is 1.50 bits per heavy atom. The summed E-state index contributed by atoms with van der Waals surface area (Å²) in [6.45, 7) is 0. The van der Waals surface area contributed by atoms with Gasteiger partial charge in [-0.2, -0.15) is 5.10 Å². The molecule has 2 heterocycles. The molecule has 4 heteroatoms. The molecule has 2 aromatic rings. The molecule has 0 radical (unpaired) electrons. The summed E-state index contributed by atoms with van der Waals surface area (Å²) in [7, 11) is 0. The van der Waals surface area contributed by atoms with Crippen LogP contribution in [0.4, 0.5) is 0 Å². The fourth-order valence-corrected chi connectivity index (χ4v) is 1.89. The van der Waals surface area contributed by atoms with Crippen LogP contribution >= 0.6 is 0 Å². The van der Waals surface area contributed by atoms with Gasteiger partial charge >= 0.3 is 0 Å². The van der Waals surface area contributed by atoms with Gasteiger partial charge in [-0.1, -0.05) is 6.42 Å². The van der Waals surface area contributed by atoms with E-state index in [1.807, 2.05) is 4.40 Å². The first-order valence-electron chi connectivity index (χ1n) is 4.91. The lowest BCUT2D eigenvalue weighted by Gasteiger charge is -2.23. The summed E-state index contributed by atoms with van der Waals surface area (Å²) in [5, 5.41) is 7.15. The van der Waals surface area contributed by atoms with Crippen molar-refractivity contribution in [2.75, 3.05) is 0 Å². The maximum atomic E-state index is 11.1. The van der Waals surface area contributed by atoms with Gasteiger partial charge < -0.3 is 0 Å². The summed E-state index contributed by atoms with van der Waals surface area (Å²) >= 11 is 0. The highest BCUT2D eigenvalue weighted by atomic mass is 16.1. The maximum Gasteiger partial charge on any atom is 0.183 e. The van der Waals surface area contributed by atoms with E-state index >= 15 is 0 Å². The number of nitrogens with zero attached hydrogens (tertiary/aromatic N) is 2. The molecule has 0 atom stereocenters. The molecule has 3 rings (SSSR count). The highest BCUT2D eigenvalue weighted by Crippen LogP contribution is 2.34. The van der Waals surface area contributed by atoms with Crippen molar-refractivity contribution in [3.05, 3.63) is 34.4 Å². The first-order valence-corrected chi connectivity index (χ1v) is 4.91. The van der Waals surface area contributed by atoms with E-state index in [-0.39, 0.29) is 5.43 Å². The van der Waals surface area contributed by atoms with Gasteiger partial charge in [0.25, 0.3) is 0 Å². The molecule has 1 aliphatic carbocycles. The lowest BCUT2D eigenvalue weighted by Crippen LogP contribution is -2.13. The smallest absolute Gasteiger partial charge is 0.183 e. The Kier molecular flexibility index (Phi) is 1.50. The topological polar surface area (TPSA) is 50.2 Å². The standard InChI is InChI=1S/C10H11N3O/c14-8-4-5-13-9(6-8)11-12-10(13)7-2-1-3-7/h4-7,11H,1-3H2. The van der Waals surface area contributed by atoms with Crippen LogP contribution in [0.15, 0.2) is 23.1 Å². The largest absolute Gasteiger partial charge is 0.290 e. The average molecular weight is 189 g/mol. The second-order valence-corrected chi connectivity index (χ2v) is 3.83. The number of H-pyrrole nitrogens is 1. The van der Waals surface area contributed by atoms with E-state index in [1.165, 1.54) is 19.3 Å². The average Bonchev–Trinajstić information content (AvgIpc) is 2.45. The van der Waals surface area contributed by atoms with Crippen LogP contribution in [0.3, 0.4) is 0 Å². The zero-order valence-electron chi connectivity index (χ0n) is 7.73. The Morgan fingerprint density at radius 3 is 3.07 bits per heavy atom. The van der Waals surface area contributed by atoms with Gasteiger partial charge in [0.2, 0.25) is 0 Å². The predicted molar refractivity (Wildman–Crippen MR) is 52.4 cm³/mol. The number of aromatic amines is 1. The second kappa shape index (κ2) is 2.70.